The monoisotopic (exact) mass is 212 g/mol. The van der Waals surface area contributed by atoms with Crippen LogP contribution in [-0.2, 0) is 0 Å². The van der Waals surface area contributed by atoms with Gasteiger partial charge in [0, 0.05) is 0 Å². The summed E-state index contributed by atoms with van der Waals surface area (Å²) < 4.78 is 0. The van der Waals surface area contributed by atoms with Crippen LogP contribution in [-0.4, -0.2) is 10.7 Å². The number of rotatable bonds is 1. The molecule has 0 aliphatic heterocycles. The molecule has 1 aliphatic rings. The third-order valence-corrected chi connectivity index (χ3v) is 4.47. The van der Waals surface area contributed by atoms with E-state index in [4.69, 9.17) is 0 Å². The molecule has 0 spiro atoms. The van der Waals surface area contributed by atoms with E-state index in [-0.39, 0.29) is 0 Å². The second-order valence-corrected chi connectivity index (χ2v) is 6.93. The Morgan fingerprint density at radius 1 is 1.20 bits per heavy atom. The minimum atomic E-state index is -0.491. The van der Waals surface area contributed by atoms with Gasteiger partial charge in [0.25, 0.3) is 0 Å². The van der Waals surface area contributed by atoms with Gasteiger partial charge in [-0.05, 0) is 49.4 Å². The molecule has 0 bridgehead atoms. The molecule has 3 unspecified atom stereocenters. The molecular formula is C14H28O. The zero-order chi connectivity index (χ0) is 11.9. The van der Waals surface area contributed by atoms with Crippen molar-refractivity contribution in [3.05, 3.63) is 0 Å². The Hall–Kier alpha value is -0.0400. The number of aliphatic hydroxyl groups is 1. The third-order valence-electron chi connectivity index (χ3n) is 4.47. The highest BCUT2D eigenvalue weighted by molar-refractivity contribution is 4.93. The molecule has 1 fully saturated rings. The predicted octanol–water partition coefficient (Wildman–Crippen LogP) is 3.86. The molecule has 0 heterocycles. The van der Waals surface area contributed by atoms with Gasteiger partial charge in [0.2, 0.25) is 0 Å². The Kier molecular flexibility index (Phi) is 3.55. The van der Waals surface area contributed by atoms with E-state index in [9.17, 15) is 5.11 Å². The van der Waals surface area contributed by atoms with Crippen LogP contribution in [0.15, 0.2) is 0 Å². The summed E-state index contributed by atoms with van der Waals surface area (Å²) >= 11 is 0. The van der Waals surface area contributed by atoms with Crippen LogP contribution < -0.4 is 0 Å². The summed E-state index contributed by atoms with van der Waals surface area (Å²) in [6, 6.07) is 0. The maximum absolute atomic E-state index is 10.6. The van der Waals surface area contributed by atoms with Crippen molar-refractivity contribution in [1.82, 2.24) is 0 Å². The Balaban J connectivity index is 2.91. The molecular weight excluding hydrogens is 184 g/mol. The minimum Gasteiger partial charge on any atom is -0.390 e. The number of hydrogen-bond acceptors (Lipinski definition) is 1. The average molecular weight is 212 g/mol. The fourth-order valence-corrected chi connectivity index (χ4v) is 3.40. The first kappa shape index (κ1) is 13.0. The van der Waals surface area contributed by atoms with Gasteiger partial charge in [0.1, 0.15) is 0 Å². The van der Waals surface area contributed by atoms with Gasteiger partial charge in [-0.3, -0.25) is 0 Å². The molecule has 1 rings (SSSR count). The van der Waals surface area contributed by atoms with Crippen LogP contribution in [0.4, 0.5) is 0 Å². The van der Waals surface area contributed by atoms with Crippen LogP contribution in [0.2, 0.25) is 0 Å². The summed E-state index contributed by atoms with van der Waals surface area (Å²) in [7, 11) is 0. The summed E-state index contributed by atoms with van der Waals surface area (Å²) in [5, 5.41) is 10.6. The average Bonchev–Trinajstić information content (AvgIpc) is 2.07. The molecule has 0 aromatic heterocycles. The molecule has 0 radical (unpaired) electrons. The van der Waals surface area contributed by atoms with Crippen molar-refractivity contribution < 1.29 is 5.11 Å². The zero-order valence-electron chi connectivity index (χ0n) is 11.3. The van der Waals surface area contributed by atoms with E-state index in [1.165, 1.54) is 12.8 Å². The van der Waals surface area contributed by atoms with Crippen LogP contribution in [0, 0.1) is 23.2 Å². The van der Waals surface area contributed by atoms with Crippen LogP contribution in [0.5, 0.6) is 0 Å². The quantitative estimate of drug-likeness (QED) is 0.654. The van der Waals surface area contributed by atoms with E-state index in [0.717, 1.165) is 6.42 Å². The van der Waals surface area contributed by atoms with E-state index in [1.54, 1.807) is 0 Å². The van der Waals surface area contributed by atoms with Gasteiger partial charge in [-0.25, -0.2) is 0 Å². The first-order valence-electron chi connectivity index (χ1n) is 6.38. The third kappa shape index (κ3) is 2.96. The van der Waals surface area contributed by atoms with Gasteiger partial charge < -0.3 is 5.11 Å². The predicted molar refractivity (Wildman–Crippen MR) is 65.7 cm³/mol. The van der Waals surface area contributed by atoms with E-state index in [2.05, 4.69) is 34.6 Å². The first-order chi connectivity index (χ1) is 6.66. The van der Waals surface area contributed by atoms with Gasteiger partial charge in [-0.1, -0.05) is 34.6 Å². The highest BCUT2D eigenvalue weighted by Crippen LogP contribution is 2.46. The Morgan fingerprint density at radius 2 is 1.73 bits per heavy atom. The molecule has 0 aromatic rings. The lowest BCUT2D eigenvalue weighted by atomic mass is 9.73. The number of hydrogen-bond donors (Lipinski definition) is 1. The molecule has 0 amide bonds. The van der Waals surface area contributed by atoms with Crippen molar-refractivity contribution in [2.45, 2.75) is 66.4 Å². The Labute approximate surface area is 95.3 Å². The van der Waals surface area contributed by atoms with Crippen molar-refractivity contribution in [2.75, 3.05) is 0 Å². The smallest absolute Gasteiger partial charge is 0.0653 e. The first-order valence-corrected chi connectivity index (χ1v) is 6.38. The van der Waals surface area contributed by atoms with E-state index in [1.807, 2.05) is 6.92 Å². The van der Waals surface area contributed by atoms with E-state index < -0.39 is 5.60 Å². The molecule has 1 heteroatoms. The summed E-state index contributed by atoms with van der Waals surface area (Å²) in [4.78, 5) is 0. The summed E-state index contributed by atoms with van der Waals surface area (Å²) in [5.41, 5.74) is -0.198. The second-order valence-electron chi connectivity index (χ2n) is 6.93. The lowest BCUT2D eigenvalue weighted by Crippen LogP contribution is -2.39. The SMILES string of the molecule is CC(C)C1CCC(C)(C)CC(C)(O)C1C. The molecule has 0 aromatic carbocycles. The molecule has 1 N–H and O–H groups in total. The van der Waals surface area contributed by atoms with Crippen LogP contribution in [0.1, 0.15) is 60.8 Å². The van der Waals surface area contributed by atoms with Gasteiger partial charge in [0.15, 0.2) is 0 Å². The fraction of sp³-hybridized carbons (Fsp3) is 1.00. The lowest BCUT2D eigenvalue weighted by molar-refractivity contribution is -0.0423. The molecule has 3 atom stereocenters. The van der Waals surface area contributed by atoms with Crippen molar-refractivity contribution in [3.63, 3.8) is 0 Å². The molecule has 1 nitrogen and oxygen atoms in total. The normalized spacial score (nSPS) is 41.6. The van der Waals surface area contributed by atoms with Crippen molar-refractivity contribution >= 4 is 0 Å². The largest absolute Gasteiger partial charge is 0.390 e. The maximum atomic E-state index is 10.6. The van der Waals surface area contributed by atoms with Gasteiger partial charge in [0.05, 0.1) is 5.60 Å². The maximum Gasteiger partial charge on any atom is 0.0653 e. The molecule has 1 saturated carbocycles. The van der Waals surface area contributed by atoms with Crippen molar-refractivity contribution in [1.29, 1.82) is 0 Å². The van der Waals surface area contributed by atoms with Crippen LogP contribution in [0.3, 0.4) is 0 Å². The fourth-order valence-electron chi connectivity index (χ4n) is 3.40. The Bertz CT molecular complexity index is 215. The summed E-state index contributed by atoms with van der Waals surface area (Å²) in [5.74, 6) is 1.77. The van der Waals surface area contributed by atoms with E-state index in [0.29, 0.717) is 23.2 Å². The topological polar surface area (TPSA) is 20.2 Å². The minimum absolute atomic E-state index is 0.293. The van der Waals surface area contributed by atoms with Gasteiger partial charge >= 0.3 is 0 Å². The molecule has 15 heavy (non-hydrogen) atoms. The molecule has 0 saturated heterocycles. The van der Waals surface area contributed by atoms with Gasteiger partial charge in [-0.2, -0.15) is 0 Å². The van der Waals surface area contributed by atoms with E-state index >= 15 is 0 Å². The standard InChI is InChI=1S/C14H28O/c1-10(2)12-7-8-13(4,5)9-14(6,15)11(12)3/h10-12,15H,7-9H2,1-6H3. The van der Waals surface area contributed by atoms with Gasteiger partial charge in [-0.15, -0.1) is 0 Å². The van der Waals surface area contributed by atoms with Crippen molar-refractivity contribution in [2.24, 2.45) is 23.2 Å². The molecule has 90 valence electrons. The second kappa shape index (κ2) is 4.08. The van der Waals surface area contributed by atoms with Crippen molar-refractivity contribution in [3.8, 4) is 0 Å². The summed E-state index contributed by atoms with van der Waals surface area (Å²) in [6.07, 6.45) is 3.45. The summed E-state index contributed by atoms with van der Waals surface area (Å²) in [6.45, 7) is 13.4. The Morgan fingerprint density at radius 3 is 2.20 bits per heavy atom. The molecule has 1 aliphatic carbocycles. The highest BCUT2D eigenvalue weighted by atomic mass is 16.3. The van der Waals surface area contributed by atoms with Crippen LogP contribution in [0.25, 0.3) is 0 Å². The lowest BCUT2D eigenvalue weighted by Gasteiger charge is -2.37. The van der Waals surface area contributed by atoms with Crippen LogP contribution >= 0.6 is 0 Å². The highest BCUT2D eigenvalue weighted by Gasteiger charge is 2.42. The zero-order valence-corrected chi connectivity index (χ0v) is 11.3.